The predicted molar refractivity (Wildman–Crippen MR) is 101 cm³/mol. The third-order valence-corrected chi connectivity index (χ3v) is 4.91. The quantitative estimate of drug-likeness (QED) is 0.230. The molecule has 2 fully saturated rings. The Balaban J connectivity index is 1.41. The Bertz CT molecular complexity index is 853. The second kappa shape index (κ2) is 11.3. The molecule has 2 aliphatic rings. The van der Waals surface area contributed by atoms with Crippen LogP contribution >= 0.6 is 0 Å². The minimum absolute atomic E-state index is 0.0417. The Morgan fingerprint density at radius 1 is 1.12 bits per heavy atom. The molecule has 2 aliphatic heterocycles. The average molecular weight is 471 g/mol. The topological polar surface area (TPSA) is 189 Å². The SMILES string of the molecule is O=C(CCCC(CO[N+](=O)[O-])O[N+](=O)[O-])OC1COC2C(OC(=O)c3cccnc3)COC12. The van der Waals surface area contributed by atoms with Gasteiger partial charge in [-0.05, 0) is 25.0 Å². The van der Waals surface area contributed by atoms with Crippen LogP contribution in [-0.2, 0) is 33.4 Å². The fourth-order valence-corrected chi connectivity index (χ4v) is 3.45. The van der Waals surface area contributed by atoms with Crippen LogP contribution in [0.4, 0.5) is 0 Å². The van der Waals surface area contributed by atoms with Crippen LogP contribution in [0.1, 0.15) is 29.6 Å². The van der Waals surface area contributed by atoms with Crippen molar-refractivity contribution in [2.75, 3.05) is 19.8 Å². The molecule has 180 valence electrons. The maximum atomic E-state index is 12.2. The van der Waals surface area contributed by atoms with Gasteiger partial charge in [0.15, 0.2) is 12.2 Å². The highest BCUT2D eigenvalue weighted by atomic mass is 17.0. The maximum absolute atomic E-state index is 12.2. The van der Waals surface area contributed by atoms with Gasteiger partial charge in [-0.3, -0.25) is 9.78 Å². The Hall–Kier alpha value is -3.59. The Labute approximate surface area is 186 Å². The molecule has 0 spiro atoms. The summed E-state index contributed by atoms with van der Waals surface area (Å²) < 4.78 is 22.0. The fraction of sp³-hybridized carbons (Fsp3) is 0.611. The number of esters is 2. The van der Waals surface area contributed by atoms with E-state index in [-0.39, 0.29) is 38.0 Å². The van der Waals surface area contributed by atoms with Crippen molar-refractivity contribution >= 4 is 11.9 Å². The monoisotopic (exact) mass is 471 g/mol. The van der Waals surface area contributed by atoms with Crippen LogP contribution in [0, 0.1) is 20.2 Å². The molecule has 0 aliphatic carbocycles. The van der Waals surface area contributed by atoms with E-state index in [1.54, 1.807) is 12.1 Å². The van der Waals surface area contributed by atoms with Crippen molar-refractivity contribution < 1.29 is 48.4 Å². The first-order valence-electron chi connectivity index (χ1n) is 9.95. The van der Waals surface area contributed by atoms with Crippen LogP contribution in [0.5, 0.6) is 0 Å². The van der Waals surface area contributed by atoms with Crippen LogP contribution in [0.15, 0.2) is 24.5 Å². The summed E-state index contributed by atoms with van der Waals surface area (Å²) in [7, 11) is 0. The highest BCUT2D eigenvalue weighted by molar-refractivity contribution is 5.89. The summed E-state index contributed by atoms with van der Waals surface area (Å²) in [4.78, 5) is 57.3. The van der Waals surface area contributed by atoms with Gasteiger partial charge >= 0.3 is 11.9 Å². The molecule has 0 bridgehead atoms. The lowest BCUT2D eigenvalue weighted by atomic mass is 10.1. The number of carbonyl (C=O) groups excluding carboxylic acids is 2. The fourth-order valence-electron chi connectivity index (χ4n) is 3.45. The molecular formula is C18H21N3O12. The van der Waals surface area contributed by atoms with E-state index in [1.807, 2.05) is 0 Å². The molecule has 0 aromatic carbocycles. The maximum Gasteiger partial charge on any atom is 0.340 e. The Morgan fingerprint density at radius 3 is 2.42 bits per heavy atom. The number of fused-ring (bicyclic) bond motifs is 1. The molecule has 1 aromatic rings. The molecule has 33 heavy (non-hydrogen) atoms. The lowest BCUT2D eigenvalue weighted by Crippen LogP contribution is -2.36. The first-order chi connectivity index (χ1) is 15.8. The summed E-state index contributed by atoms with van der Waals surface area (Å²) in [5, 5.41) is 18.5. The number of nitrogens with zero attached hydrogens (tertiary/aromatic N) is 3. The Morgan fingerprint density at radius 2 is 1.82 bits per heavy atom. The van der Waals surface area contributed by atoms with Crippen LogP contribution in [0.25, 0.3) is 0 Å². The van der Waals surface area contributed by atoms with E-state index in [1.165, 1.54) is 12.4 Å². The molecule has 3 rings (SSSR count). The summed E-state index contributed by atoms with van der Waals surface area (Å²) >= 11 is 0. The van der Waals surface area contributed by atoms with Crippen molar-refractivity contribution in [3.63, 3.8) is 0 Å². The molecule has 15 heteroatoms. The molecule has 2 saturated heterocycles. The summed E-state index contributed by atoms with van der Waals surface area (Å²) in [6, 6.07) is 3.17. The van der Waals surface area contributed by atoms with Crippen molar-refractivity contribution in [1.29, 1.82) is 0 Å². The van der Waals surface area contributed by atoms with Crippen LogP contribution < -0.4 is 0 Å². The molecule has 5 unspecified atom stereocenters. The largest absolute Gasteiger partial charge is 0.457 e. The van der Waals surface area contributed by atoms with Crippen molar-refractivity contribution in [2.24, 2.45) is 0 Å². The minimum atomic E-state index is -1.20. The van der Waals surface area contributed by atoms with Crippen molar-refractivity contribution in [1.82, 2.24) is 4.98 Å². The van der Waals surface area contributed by atoms with Crippen molar-refractivity contribution in [3.8, 4) is 0 Å². The molecule has 0 amide bonds. The van der Waals surface area contributed by atoms with Gasteiger partial charge in [-0.25, -0.2) is 4.79 Å². The molecule has 5 atom stereocenters. The van der Waals surface area contributed by atoms with Gasteiger partial charge in [-0.15, -0.1) is 20.2 Å². The van der Waals surface area contributed by atoms with Gasteiger partial charge in [0.1, 0.15) is 24.9 Å². The van der Waals surface area contributed by atoms with E-state index in [0.29, 0.717) is 0 Å². The predicted octanol–water partition coefficient (Wildman–Crippen LogP) is 0.272. The first kappa shape index (κ1) is 24.1. The average Bonchev–Trinajstić information content (AvgIpc) is 3.35. The third-order valence-electron chi connectivity index (χ3n) is 4.91. The molecular weight excluding hydrogens is 450 g/mol. The van der Waals surface area contributed by atoms with E-state index in [0.717, 1.165) is 0 Å². The van der Waals surface area contributed by atoms with E-state index >= 15 is 0 Å². The van der Waals surface area contributed by atoms with E-state index in [4.69, 9.17) is 18.9 Å². The zero-order valence-corrected chi connectivity index (χ0v) is 17.2. The highest BCUT2D eigenvalue weighted by Crippen LogP contribution is 2.31. The zero-order chi connectivity index (χ0) is 23.8. The molecule has 15 nitrogen and oxygen atoms in total. The first-order valence-corrected chi connectivity index (χ1v) is 9.95. The van der Waals surface area contributed by atoms with Crippen molar-refractivity contribution in [2.45, 2.75) is 49.8 Å². The lowest BCUT2D eigenvalue weighted by Gasteiger charge is -2.17. The van der Waals surface area contributed by atoms with Crippen molar-refractivity contribution in [3.05, 3.63) is 50.3 Å². The van der Waals surface area contributed by atoms with Crippen LogP contribution in [0.3, 0.4) is 0 Å². The van der Waals surface area contributed by atoms with Gasteiger partial charge in [-0.2, -0.15) is 0 Å². The number of aromatic nitrogens is 1. The number of rotatable bonds is 12. The second-order valence-corrected chi connectivity index (χ2v) is 7.17. The smallest absolute Gasteiger partial charge is 0.340 e. The molecule has 0 N–H and O–H groups in total. The Kier molecular flexibility index (Phi) is 8.26. The molecule has 0 radical (unpaired) electrons. The number of hydrogen-bond acceptors (Lipinski definition) is 13. The van der Waals surface area contributed by atoms with Gasteiger partial charge < -0.3 is 28.6 Å². The standard InChI is InChI=1S/C18H21N3O12/c22-15(5-1-4-12(33-21(26)27)8-30-20(24)25)31-13-9-28-17-14(10-29-16(13)17)32-18(23)11-3-2-6-19-7-11/h2-3,6-7,12-14,16-17H,1,4-5,8-10H2. The van der Waals surface area contributed by atoms with Crippen LogP contribution in [0.2, 0.25) is 0 Å². The van der Waals surface area contributed by atoms with Crippen LogP contribution in [-0.4, -0.2) is 77.4 Å². The minimum Gasteiger partial charge on any atom is -0.457 e. The zero-order valence-electron chi connectivity index (χ0n) is 17.2. The highest BCUT2D eigenvalue weighted by Gasteiger charge is 2.51. The summed E-state index contributed by atoms with van der Waals surface area (Å²) in [6.07, 6.45) is -0.955. The van der Waals surface area contributed by atoms with E-state index < -0.39 is 59.2 Å². The number of ether oxygens (including phenoxy) is 4. The van der Waals surface area contributed by atoms with E-state index in [9.17, 15) is 29.8 Å². The van der Waals surface area contributed by atoms with Gasteiger partial charge in [0.25, 0.3) is 10.2 Å². The van der Waals surface area contributed by atoms with Gasteiger partial charge in [0.05, 0.1) is 18.8 Å². The van der Waals surface area contributed by atoms with Gasteiger partial charge in [-0.1, -0.05) is 0 Å². The summed E-state index contributed by atoms with van der Waals surface area (Å²) in [6.45, 7) is -0.520. The molecule has 3 heterocycles. The number of pyridine rings is 1. The third kappa shape index (κ3) is 6.95. The van der Waals surface area contributed by atoms with Gasteiger partial charge in [0, 0.05) is 18.8 Å². The number of hydrogen-bond donors (Lipinski definition) is 0. The number of carbonyl (C=O) groups is 2. The normalized spacial score (nSPS) is 24.4. The molecule has 1 aromatic heterocycles. The second-order valence-electron chi connectivity index (χ2n) is 7.17. The van der Waals surface area contributed by atoms with Gasteiger partial charge in [0.2, 0.25) is 0 Å². The summed E-state index contributed by atoms with van der Waals surface area (Å²) in [5.41, 5.74) is 0.282. The van der Waals surface area contributed by atoms with E-state index in [2.05, 4.69) is 14.7 Å². The lowest BCUT2D eigenvalue weighted by molar-refractivity contribution is -0.790. The summed E-state index contributed by atoms with van der Waals surface area (Å²) in [5.74, 6) is -1.19. The molecule has 0 saturated carbocycles.